The third-order valence-electron chi connectivity index (χ3n) is 2.67. The smallest absolute Gasteiger partial charge is 0.243 e. The summed E-state index contributed by atoms with van der Waals surface area (Å²) in [7, 11) is -2.36. The van der Waals surface area contributed by atoms with Gasteiger partial charge in [-0.2, -0.15) is 0 Å². The lowest BCUT2D eigenvalue weighted by Gasteiger charge is -2.29. The van der Waals surface area contributed by atoms with E-state index in [9.17, 15) is 17.6 Å². The highest BCUT2D eigenvalue weighted by molar-refractivity contribution is 7.92. The molecule has 0 heterocycles. The Kier molecular flexibility index (Phi) is 4.88. The predicted octanol–water partition coefficient (Wildman–Crippen LogP) is 1.12. The number of carbonyl (C=O) groups is 1. The van der Waals surface area contributed by atoms with E-state index in [1.165, 1.54) is 25.2 Å². The van der Waals surface area contributed by atoms with E-state index in [1.54, 1.807) is 6.92 Å². The van der Waals surface area contributed by atoms with Gasteiger partial charge in [0.25, 0.3) is 0 Å². The summed E-state index contributed by atoms with van der Waals surface area (Å²) < 4.78 is 38.4. The molecule has 1 aromatic rings. The minimum absolute atomic E-state index is 0.125. The lowest BCUT2D eigenvalue weighted by molar-refractivity contribution is -0.121. The maximum absolute atomic E-state index is 13.8. The van der Waals surface area contributed by atoms with Crippen LogP contribution in [-0.2, 0) is 14.8 Å². The molecule has 1 aromatic carbocycles. The number of carbonyl (C=O) groups excluding carboxylic acids is 1. The second-order valence-corrected chi connectivity index (χ2v) is 5.91. The van der Waals surface area contributed by atoms with Gasteiger partial charge in [-0.25, -0.2) is 12.8 Å². The standard InChI is InChI=1S/C12H17FN2O3S/c1-4-10(12(16)14-2)15(19(3,17)18)11-8-6-5-7-9(11)13/h5-8,10H,4H2,1-3H3,(H,14,16). The fourth-order valence-electron chi connectivity index (χ4n) is 1.83. The number of para-hydroxylation sites is 1. The number of likely N-dealkylation sites (N-methyl/N-ethyl adjacent to an activating group) is 1. The molecule has 1 amide bonds. The highest BCUT2D eigenvalue weighted by Crippen LogP contribution is 2.25. The summed E-state index contributed by atoms with van der Waals surface area (Å²) in [6.07, 6.45) is 1.19. The Morgan fingerprint density at radius 1 is 1.42 bits per heavy atom. The number of hydrogen-bond donors (Lipinski definition) is 1. The summed E-state index contributed by atoms with van der Waals surface area (Å²) in [6.45, 7) is 1.67. The van der Waals surface area contributed by atoms with Gasteiger partial charge in [0, 0.05) is 7.05 Å². The molecule has 0 aromatic heterocycles. The first-order valence-corrected chi connectivity index (χ1v) is 7.63. The van der Waals surface area contributed by atoms with E-state index >= 15 is 0 Å². The van der Waals surface area contributed by atoms with Crippen molar-refractivity contribution in [2.24, 2.45) is 0 Å². The predicted molar refractivity (Wildman–Crippen MR) is 71.9 cm³/mol. The third-order valence-corrected chi connectivity index (χ3v) is 3.83. The van der Waals surface area contributed by atoms with Gasteiger partial charge in [0.15, 0.2) is 0 Å². The highest BCUT2D eigenvalue weighted by atomic mass is 32.2. The molecule has 0 aliphatic rings. The van der Waals surface area contributed by atoms with Gasteiger partial charge in [-0.15, -0.1) is 0 Å². The molecule has 0 aliphatic heterocycles. The monoisotopic (exact) mass is 288 g/mol. The first-order valence-electron chi connectivity index (χ1n) is 5.78. The van der Waals surface area contributed by atoms with Gasteiger partial charge >= 0.3 is 0 Å². The van der Waals surface area contributed by atoms with Crippen LogP contribution in [0.25, 0.3) is 0 Å². The van der Waals surface area contributed by atoms with Crippen LogP contribution in [0.5, 0.6) is 0 Å². The lowest BCUT2D eigenvalue weighted by atomic mass is 10.2. The number of nitrogens with zero attached hydrogens (tertiary/aromatic N) is 1. The Bertz CT molecular complexity index is 560. The first-order chi connectivity index (χ1) is 8.82. The van der Waals surface area contributed by atoms with Crippen molar-refractivity contribution in [1.29, 1.82) is 0 Å². The van der Waals surface area contributed by atoms with Crippen molar-refractivity contribution in [1.82, 2.24) is 5.32 Å². The van der Waals surface area contributed by atoms with Gasteiger partial charge < -0.3 is 5.32 Å². The minimum Gasteiger partial charge on any atom is -0.357 e. The maximum atomic E-state index is 13.8. The van der Waals surface area contributed by atoms with Crippen LogP contribution in [0.15, 0.2) is 24.3 Å². The van der Waals surface area contributed by atoms with E-state index in [-0.39, 0.29) is 12.1 Å². The quantitative estimate of drug-likeness (QED) is 0.883. The second-order valence-electron chi connectivity index (χ2n) is 4.05. The molecule has 0 radical (unpaired) electrons. The molecule has 1 atom stereocenters. The Balaban J connectivity index is 3.39. The van der Waals surface area contributed by atoms with Crippen LogP contribution in [0.3, 0.4) is 0 Å². The van der Waals surface area contributed by atoms with Gasteiger partial charge in [-0.3, -0.25) is 9.10 Å². The van der Waals surface area contributed by atoms with Crippen LogP contribution in [0.4, 0.5) is 10.1 Å². The molecule has 5 nitrogen and oxygen atoms in total. The van der Waals surface area contributed by atoms with E-state index in [0.29, 0.717) is 0 Å². The molecule has 1 rings (SSSR count). The molecule has 0 saturated heterocycles. The Hall–Kier alpha value is -1.63. The lowest BCUT2D eigenvalue weighted by Crippen LogP contribution is -2.48. The van der Waals surface area contributed by atoms with E-state index in [2.05, 4.69) is 5.32 Å². The number of rotatable bonds is 5. The SMILES string of the molecule is CCC(C(=O)NC)N(c1ccccc1F)S(C)(=O)=O. The first kappa shape index (κ1) is 15.4. The van der Waals surface area contributed by atoms with E-state index in [0.717, 1.165) is 16.6 Å². The molecule has 7 heteroatoms. The molecular formula is C12H17FN2O3S. The van der Waals surface area contributed by atoms with E-state index < -0.39 is 27.8 Å². The molecule has 0 saturated carbocycles. The summed E-state index contributed by atoms with van der Waals surface area (Å²) in [4.78, 5) is 11.8. The fourth-order valence-corrected chi connectivity index (χ4v) is 3.04. The van der Waals surface area contributed by atoms with Crippen molar-refractivity contribution in [3.8, 4) is 0 Å². The molecule has 0 fully saturated rings. The van der Waals surface area contributed by atoms with Crippen molar-refractivity contribution < 1.29 is 17.6 Å². The number of benzene rings is 1. The molecule has 19 heavy (non-hydrogen) atoms. The zero-order chi connectivity index (χ0) is 14.6. The number of anilines is 1. The van der Waals surface area contributed by atoms with Crippen LogP contribution in [0.1, 0.15) is 13.3 Å². The number of halogens is 1. The van der Waals surface area contributed by atoms with Crippen molar-refractivity contribution in [3.05, 3.63) is 30.1 Å². The van der Waals surface area contributed by atoms with Crippen molar-refractivity contribution in [2.45, 2.75) is 19.4 Å². The zero-order valence-corrected chi connectivity index (χ0v) is 11.9. The summed E-state index contributed by atoms with van der Waals surface area (Å²) in [5, 5.41) is 2.39. The molecule has 1 N–H and O–H groups in total. The Morgan fingerprint density at radius 3 is 2.42 bits per heavy atom. The number of sulfonamides is 1. The summed E-state index contributed by atoms with van der Waals surface area (Å²) in [6, 6.07) is 4.50. The zero-order valence-electron chi connectivity index (χ0n) is 11.1. The van der Waals surface area contributed by atoms with Crippen LogP contribution in [-0.4, -0.2) is 33.7 Å². The Labute approximate surface area is 112 Å². The second kappa shape index (κ2) is 6.01. The van der Waals surface area contributed by atoms with E-state index in [4.69, 9.17) is 0 Å². The highest BCUT2D eigenvalue weighted by Gasteiger charge is 2.32. The topological polar surface area (TPSA) is 66.5 Å². The summed E-state index contributed by atoms with van der Waals surface area (Å²) in [5.74, 6) is -1.16. The van der Waals surface area contributed by atoms with Crippen molar-refractivity contribution in [2.75, 3.05) is 17.6 Å². The normalized spacial score (nSPS) is 12.8. The molecule has 0 aliphatic carbocycles. The van der Waals surface area contributed by atoms with Crippen molar-refractivity contribution in [3.63, 3.8) is 0 Å². The largest absolute Gasteiger partial charge is 0.357 e. The average Bonchev–Trinajstić information content (AvgIpc) is 2.35. The molecular weight excluding hydrogens is 271 g/mol. The number of hydrogen-bond acceptors (Lipinski definition) is 3. The Morgan fingerprint density at radius 2 is 2.00 bits per heavy atom. The van der Waals surface area contributed by atoms with Crippen LogP contribution >= 0.6 is 0 Å². The van der Waals surface area contributed by atoms with Crippen LogP contribution in [0.2, 0.25) is 0 Å². The fraction of sp³-hybridized carbons (Fsp3) is 0.417. The van der Waals surface area contributed by atoms with E-state index in [1.807, 2.05) is 0 Å². The van der Waals surface area contributed by atoms with Crippen molar-refractivity contribution >= 4 is 21.6 Å². The third kappa shape index (κ3) is 3.44. The minimum atomic E-state index is -3.77. The van der Waals surface area contributed by atoms with Crippen LogP contribution in [0, 0.1) is 5.82 Å². The van der Waals surface area contributed by atoms with Gasteiger partial charge in [0.1, 0.15) is 11.9 Å². The van der Waals surface area contributed by atoms with Crippen LogP contribution < -0.4 is 9.62 Å². The van der Waals surface area contributed by atoms with Gasteiger partial charge in [0.2, 0.25) is 15.9 Å². The van der Waals surface area contributed by atoms with Gasteiger partial charge in [-0.05, 0) is 18.6 Å². The number of nitrogens with one attached hydrogen (secondary N) is 1. The molecule has 106 valence electrons. The molecule has 1 unspecified atom stereocenters. The van der Waals surface area contributed by atoms with Gasteiger partial charge in [-0.1, -0.05) is 19.1 Å². The number of amides is 1. The molecule has 0 bridgehead atoms. The average molecular weight is 288 g/mol. The summed E-state index contributed by atoms with van der Waals surface area (Å²) in [5.41, 5.74) is -0.125. The molecule has 0 spiro atoms. The van der Waals surface area contributed by atoms with Gasteiger partial charge in [0.05, 0.1) is 11.9 Å². The maximum Gasteiger partial charge on any atom is 0.243 e. The summed E-state index contributed by atoms with van der Waals surface area (Å²) >= 11 is 0.